The van der Waals surface area contributed by atoms with Gasteiger partial charge in [-0.2, -0.15) is 0 Å². The van der Waals surface area contributed by atoms with Gasteiger partial charge in [-0.3, -0.25) is 4.79 Å². The molecule has 0 radical (unpaired) electrons. The Hall–Kier alpha value is -2.08. The largest absolute Gasteiger partial charge is 0.484 e. The Morgan fingerprint density at radius 3 is 2.75 bits per heavy atom. The third kappa shape index (κ3) is 5.27. The lowest BCUT2D eigenvalue weighted by atomic mass is 10.1. The average molecular weight is 281 g/mol. The fourth-order valence-corrected chi connectivity index (χ4v) is 1.57. The first-order valence-electron chi connectivity index (χ1n) is 6.27. The van der Waals surface area contributed by atoms with Gasteiger partial charge >= 0.3 is 5.97 Å². The minimum absolute atomic E-state index is 0.144. The Kier molecular flexibility index (Phi) is 6.52. The number of nitrogens with one attached hydrogen (secondary N) is 1. The predicted octanol–water partition coefficient (Wildman–Crippen LogP) is 1.22. The number of aryl methyl sites for hydroxylation is 1. The first-order valence-corrected chi connectivity index (χ1v) is 6.27. The van der Waals surface area contributed by atoms with E-state index in [0.29, 0.717) is 24.5 Å². The number of carboxylic acid groups (broad SMARTS) is 1. The summed E-state index contributed by atoms with van der Waals surface area (Å²) in [5.74, 6) is -0.907. The SMILES string of the molecule is COCCCNC(=O)COc1ccc(C)c(C(=O)O)c1. The number of hydrogen-bond acceptors (Lipinski definition) is 4. The maximum absolute atomic E-state index is 11.5. The lowest BCUT2D eigenvalue weighted by Crippen LogP contribution is -2.30. The van der Waals surface area contributed by atoms with Crippen LogP contribution in [0.15, 0.2) is 18.2 Å². The van der Waals surface area contributed by atoms with E-state index in [-0.39, 0.29) is 18.1 Å². The van der Waals surface area contributed by atoms with Crippen LogP contribution >= 0.6 is 0 Å². The van der Waals surface area contributed by atoms with Gasteiger partial charge in [0.25, 0.3) is 5.91 Å². The highest BCUT2D eigenvalue weighted by Gasteiger charge is 2.09. The molecule has 0 aliphatic rings. The van der Waals surface area contributed by atoms with E-state index >= 15 is 0 Å². The molecule has 0 atom stereocenters. The van der Waals surface area contributed by atoms with Gasteiger partial charge in [0.05, 0.1) is 5.56 Å². The van der Waals surface area contributed by atoms with E-state index in [9.17, 15) is 9.59 Å². The van der Waals surface area contributed by atoms with Crippen molar-refractivity contribution in [3.8, 4) is 5.75 Å². The Labute approximate surface area is 117 Å². The molecular formula is C14H19NO5. The Morgan fingerprint density at radius 2 is 2.10 bits per heavy atom. The van der Waals surface area contributed by atoms with Gasteiger partial charge in [0.1, 0.15) is 5.75 Å². The topological polar surface area (TPSA) is 84.9 Å². The number of carboxylic acids is 1. The van der Waals surface area contributed by atoms with Crippen LogP contribution in [-0.4, -0.2) is 43.9 Å². The summed E-state index contributed by atoms with van der Waals surface area (Å²) in [4.78, 5) is 22.4. The molecule has 1 aromatic rings. The van der Waals surface area contributed by atoms with Crippen molar-refractivity contribution in [2.75, 3.05) is 26.9 Å². The van der Waals surface area contributed by atoms with Crippen molar-refractivity contribution >= 4 is 11.9 Å². The molecule has 1 rings (SSSR count). The molecule has 0 saturated carbocycles. The van der Waals surface area contributed by atoms with Gasteiger partial charge in [-0.25, -0.2) is 4.79 Å². The standard InChI is InChI=1S/C14H19NO5/c1-10-4-5-11(8-12(10)14(17)18)20-9-13(16)15-6-3-7-19-2/h4-5,8H,3,6-7,9H2,1-2H3,(H,15,16)(H,17,18). The molecule has 0 unspecified atom stereocenters. The molecule has 6 nitrogen and oxygen atoms in total. The van der Waals surface area contributed by atoms with E-state index in [0.717, 1.165) is 6.42 Å². The third-order valence-corrected chi connectivity index (χ3v) is 2.66. The summed E-state index contributed by atoms with van der Waals surface area (Å²) in [5.41, 5.74) is 0.817. The molecule has 0 aliphatic carbocycles. The van der Waals surface area contributed by atoms with Crippen LogP contribution in [0.25, 0.3) is 0 Å². The van der Waals surface area contributed by atoms with Crippen LogP contribution < -0.4 is 10.1 Å². The van der Waals surface area contributed by atoms with Crippen molar-refractivity contribution in [1.29, 1.82) is 0 Å². The summed E-state index contributed by atoms with van der Waals surface area (Å²) < 4.78 is 10.1. The molecule has 20 heavy (non-hydrogen) atoms. The van der Waals surface area contributed by atoms with Crippen LogP contribution in [0.4, 0.5) is 0 Å². The van der Waals surface area contributed by atoms with Gasteiger partial charge in [0, 0.05) is 20.3 Å². The summed E-state index contributed by atoms with van der Waals surface area (Å²) in [6, 6.07) is 4.70. The number of benzene rings is 1. The number of rotatable bonds is 8. The molecule has 0 bridgehead atoms. The first kappa shape index (κ1) is 16.0. The number of ether oxygens (including phenoxy) is 2. The van der Waals surface area contributed by atoms with Gasteiger partial charge in [0.15, 0.2) is 6.61 Å². The fourth-order valence-electron chi connectivity index (χ4n) is 1.57. The zero-order chi connectivity index (χ0) is 15.0. The van der Waals surface area contributed by atoms with Crippen molar-refractivity contribution < 1.29 is 24.2 Å². The predicted molar refractivity (Wildman–Crippen MR) is 73.1 cm³/mol. The number of methoxy groups -OCH3 is 1. The summed E-state index contributed by atoms with van der Waals surface area (Å²) in [6.45, 7) is 2.66. The van der Waals surface area contributed by atoms with E-state index in [1.807, 2.05) is 0 Å². The van der Waals surface area contributed by atoms with Crippen LogP contribution in [0.2, 0.25) is 0 Å². The molecule has 1 aromatic carbocycles. The van der Waals surface area contributed by atoms with Crippen LogP contribution in [0, 0.1) is 6.92 Å². The summed E-state index contributed by atoms with van der Waals surface area (Å²) in [7, 11) is 1.60. The molecule has 2 N–H and O–H groups in total. The molecule has 0 fully saturated rings. The van der Waals surface area contributed by atoms with E-state index in [1.165, 1.54) is 6.07 Å². The molecule has 0 saturated heterocycles. The van der Waals surface area contributed by atoms with Crippen molar-refractivity contribution in [3.63, 3.8) is 0 Å². The van der Waals surface area contributed by atoms with Crippen molar-refractivity contribution in [3.05, 3.63) is 29.3 Å². The molecule has 0 aliphatic heterocycles. The third-order valence-electron chi connectivity index (χ3n) is 2.66. The van der Waals surface area contributed by atoms with Gasteiger partial charge in [-0.05, 0) is 31.0 Å². The minimum Gasteiger partial charge on any atom is -0.484 e. The van der Waals surface area contributed by atoms with E-state index in [2.05, 4.69) is 5.32 Å². The summed E-state index contributed by atoms with van der Waals surface area (Å²) in [6.07, 6.45) is 0.732. The summed E-state index contributed by atoms with van der Waals surface area (Å²) in [5, 5.41) is 11.7. The van der Waals surface area contributed by atoms with Crippen LogP contribution in [0.1, 0.15) is 22.3 Å². The van der Waals surface area contributed by atoms with Crippen molar-refractivity contribution in [1.82, 2.24) is 5.32 Å². The van der Waals surface area contributed by atoms with E-state index in [1.54, 1.807) is 26.2 Å². The Morgan fingerprint density at radius 1 is 1.35 bits per heavy atom. The highest BCUT2D eigenvalue weighted by Crippen LogP contribution is 2.17. The van der Waals surface area contributed by atoms with Crippen LogP contribution in [-0.2, 0) is 9.53 Å². The number of hydrogen-bond donors (Lipinski definition) is 2. The normalized spacial score (nSPS) is 10.1. The van der Waals surface area contributed by atoms with Gasteiger partial charge in [-0.15, -0.1) is 0 Å². The second-order valence-corrected chi connectivity index (χ2v) is 4.27. The second-order valence-electron chi connectivity index (χ2n) is 4.27. The number of carbonyl (C=O) groups is 2. The average Bonchev–Trinajstić information content (AvgIpc) is 2.42. The molecule has 0 spiro atoms. The molecule has 110 valence electrons. The molecule has 0 heterocycles. The van der Waals surface area contributed by atoms with Gasteiger partial charge in [-0.1, -0.05) is 6.07 Å². The highest BCUT2D eigenvalue weighted by atomic mass is 16.5. The number of carbonyl (C=O) groups excluding carboxylic acids is 1. The maximum Gasteiger partial charge on any atom is 0.336 e. The zero-order valence-corrected chi connectivity index (χ0v) is 11.6. The summed E-state index contributed by atoms with van der Waals surface area (Å²) >= 11 is 0. The molecule has 6 heteroatoms. The molecule has 0 aromatic heterocycles. The first-order chi connectivity index (χ1) is 9.54. The molecular weight excluding hydrogens is 262 g/mol. The van der Waals surface area contributed by atoms with Crippen molar-refractivity contribution in [2.24, 2.45) is 0 Å². The van der Waals surface area contributed by atoms with Gasteiger partial charge in [0.2, 0.25) is 0 Å². The van der Waals surface area contributed by atoms with Crippen LogP contribution in [0.3, 0.4) is 0 Å². The molecule has 1 amide bonds. The second kappa shape index (κ2) is 8.16. The lowest BCUT2D eigenvalue weighted by molar-refractivity contribution is -0.123. The Balaban J connectivity index is 2.43. The minimum atomic E-state index is -1.02. The van der Waals surface area contributed by atoms with Crippen molar-refractivity contribution in [2.45, 2.75) is 13.3 Å². The highest BCUT2D eigenvalue weighted by molar-refractivity contribution is 5.89. The van der Waals surface area contributed by atoms with Gasteiger partial charge < -0.3 is 19.9 Å². The number of amides is 1. The monoisotopic (exact) mass is 281 g/mol. The fraction of sp³-hybridized carbons (Fsp3) is 0.429. The maximum atomic E-state index is 11.5. The zero-order valence-electron chi connectivity index (χ0n) is 11.6. The Bertz CT molecular complexity index is 473. The smallest absolute Gasteiger partial charge is 0.336 e. The number of aromatic carboxylic acids is 1. The van der Waals surface area contributed by atoms with E-state index < -0.39 is 5.97 Å². The van der Waals surface area contributed by atoms with Crippen LogP contribution in [0.5, 0.6) is 5.75 Å². The lowest BCUT2D eigenvalue weighted by Gasteiger charge is -2.09. The quantitative estimate of drug-likeness (QED) is 0.700. The van der Waals surface area contributed by atoms with E-state index in [4.69, 9.17) is 14.6 Å².